The number of hydrogen-bond donors (Lipinski definition) is 0. The Balaban J connectivity index is 3.33. The predicted octanol–water partition coefficient (Wildman–Crippen LogP) is 2.64. The van der Waals surface area contributed by atoms with Crippen LogP contribution in [0.25, 0.3) is 0 Å². The molecule has 13 heavy (non-hydrogen) atoms. The van der Waals surface area contributed by atoms with Gasteiger partial charge in [-0.05, 0) is 41.6 Å². The highest BCUT2D eigenvalue weighted by atomic mass is 127. The van der Waals surface area contributed by atoms with Gasteiger partial charge in [-0.2, -0.15) is 0 Å². The number of ether oxygens (including phenoxy) is 1. The minimum atomic E-state index is -0.397. The van der Waals surface area contributed by atoms with Gasteiger partial charge in [0, 0.05) is 0 Å². The van der Waals surface area contributed by atoms with Gasteiger partial charge in [-0.3, -0.25) is 4.79 Å². The quantitative estimate of drug-likeness (QED) is 0.619. The van der Waals surface area contributed by atoms with E-state index in [1.165, 1.54) is 26.2 Å². The van der Waals surface area contributed by atoms with Crippen molar-refractivity contribution in [2.24, 2.45) is 0 Å². The fraction of sp³-hybridized carbons (Fsp3) is 0.222. The lowest BCUT2D eigenvalue weighted by Crippen LogP contribution is -1.99. The molecule has 0 saturated carbocycles. The summed E-state index contributed by atoms with van der Waals surface area (Å²) in [6.45, 7) is 1.38. The van der Waals surface area contributed by atoms with Crippen molar-refractivity contribution < 1.29 is 13.9 Å². The third-order valence-electron chi connectivity index (χ3n) is 1.62. The van der Waals surface area contributed by atoms with Crippen LogP contribution in [0.1, 0.15) is 17.3 Å². The molecule has 0 aliphatic heterocycles. The monoisotopic (exact) mass is 294 g/mol. The molecular formula is C9H8FIO2. The molecule has 1 rings (SSSR count). The molecule has 0 spiro atoms. The van der Waals surface area contributed by atoms with Crippen molar-refractivity contribution in [2.45, 2.75) is 6.92 Å². The first kappa shape index (κ1) is 10.4. The zero-order valence-corrected chi connectivity index (χ0v) is 9.38. The summed E-state index contributed by atoms with van der Waals surface area (Å²) in [5, 5.41) is 0. The molecule has 0 N–H and O–H groups in total. The van der Waals surface area contributed by atoms with Crippen LogP contribution in [0, 0.1) is 9.39 Å². The summed E-state index contributed by atoms with van der Waals surface area (Å²) in [6.07, 6.45) is 0. The molecule has 0 amide bonds. The second-order valence-corrected chi connectivity index (χ2v) is 3.68. The fourth-order valence-electron chi connectivity index (χ4n) is 0.973. The largest absolute Gasteiger partial charge is 0.496 e. The van der Waals surface area contributed by atoms with Gasteiger partial charge in [0.15, 0.2) is 5.78 Å². The number of benzene rings is 1. The van der Waals surface area contributed by atoms with Crippen LogP contribution >= 0.6 is 22.6 Å². The molecule has 1 aromatic rings. The number of rotatable bonds is 2. The second kappa shape index (κ2) is 4.04. The molecule has 2 nitrogen and oxygen atoms in total. The van der Waals surface area contributed by atoms with Crippen molar-refractivity contribution in [3.05, 3.63) is 27.1 Å². The van der Waals surface area contributed by atoms with Gasteiger partial charge in [0.25, 0.3) is 0 Å². The number of ketones is 1. The Labute approximate surface area is 89.2 Å². The van der Waals surface area contributed by atoms with E-state index >= 15 is 0 Å². The molecule has 0 aliphatic carbocycles. The van der Waals surface area contributed by atoms with Gasteiger partial charge in [0.1, 0.15) is 11.6 Å². The van der Waals surface area contributed by atoms with E-state index in [9.17, 15) is 9.18 Å². The van der Waals surface area contributed by atoms with Crippen LogP contribution < -0.4 is 4.74 Å². The summed E-state index contributed by atoms with van der Waals surface area (Å²) in [5.41, 5.74) is 0.278. The Kier molecular flexibility index (Phi) is 3.24. The van der Waals surface area contributed by atoms with Crippen LogP contribution in [-0.2, 0) is 0 Å². The first-order valence-corrected chi connectivity index (χ1v) is 4.68. The van der Waals surface area contributed by atoms with Gasteiger partial charge in [0.05, 0.1) is 16.2 Å². The highest BCUT2D eigenvalue weighted by molar-refractivity contribution is 14.1. The van der Waals surface area contributed by atoms with Crippen LogP contribution in [0.15, 0.2) is 12.1 Å². The topological polar surface area (TPSA) is 26.3 Å². The summed E-state index contributed by atoms with van der Waals surface area (Å²) in [4.78, 5) is 11.0. The van der Waals surface area contributed by atoms with E-state index < -0.39 is 5.82 Å². The zero-order valence-electron chi connectivity index (χ0n) is 7.23. The van der Waals surface area contributed by atoms with E-state index in [4.69, 9.17) is 4.74 Å². The summed E-state index contributed by atoms with van der Waals surface area (Å²) >= 11 is 1.85. The Morgan fingerprint density at radius 2 is 2.15 bits per heavy atom. The third kappa shape index (κ3) is 2.18. The Morgan fingerprint density at radius 3 is 2.62 bits per heavy atom. The van der Waals surface area contributed by atoms with Gasteiger partial charge in [0.2, 0.25) is 0 Å². The maximum Gasteiger partial charge on any atom is 0.163 e. The van der Waals surface area contributed by atoms with Gasteiger partial charge >= 0.3 is 0 Å². The second-order valence-electron chi connectivity index (χ2n) is 2.52. The summed E-state index contributed by atoms with van der Waals surface area (Å²) in [5.74, 6) is -0.183. The molecule has 4 heteroatoms. The van der Waals surface area contributed by atoms with Crippen molar-refractivity contribution in [3.8, 4) is 5.75 Å². The molecule has 1 aromatic carbocycles. The smallest absolute Gasteiger partial charge is 0.163 e. The molecule has 0 bridgehead atoms. The average Bonchev–Trinajstić information content (AvgIpc) is 2.08. The highest BCUT2D eigenvalue weighted by Gasteiger charge is 2.11. The van der Waals surface area contributed by atoms with Crippen LogP contribution in [0.5, 0.6) is 5.75 Å². The Hall–Kier alpha value is -0.650. The van der Waals surface area contributed by atoms with Gasteiger partial charge in [-0.25, -0.2) is 4.39 Å². The van der Waals surface area contributed by atoms with Crippen LogP contribution in [0.3, 0.4) is 0 Å². The van der Waals surface area contributed by atoms with E-state index in [-0.39, 0.29) is 11.3 Å². The molecule has 0 fully saturated rings. The molecule has 0 saturated heterocycles. The third-order valence-corrected chi connectivity index (χ3v) is 2.45. The van der Waals surface area contributed by atoms with Gasteiger partial charge < -0.3 is 4.74 Å². The molecule has 0 aliphatic rings. The lowest BCUT2D eigenvalue weighted by molar-refractivity contribution is 0.101. The maximum absolute atomic E-state index is 13.0. The first-order valence-electron chi connectivity index (χ1n) is 3.60. The van der Waals surface area contributed by atoms with Crippen molar-refractivity contribution >= 4 is 28.4 Å². The van der Waals surface area contributed by atoms with E-state index in [1.807, 2.05) is 22.6 Å². The number of halogens is 2. The number of carbonyl (C=O) groups excluding carboxylic acids is 1. The average molecular weight is 294 g/mol. The molecule has 0 heterocycles. The summed E-state index contributed by atoms with van der Waals surface area (Å²) in [7, 11) is 1.45. The molecular weight excluding hydrogens is 286 g/mol. The number of hydrogen-bond acceptors (Lipinski definition) is 2. The lowest BCUT2D eigenvalue weighted by atomic mass is 10.1. The van der Waals surface area contributed by atoms with E-state index in [2.05, 4.69) is 0 Å². The van der Waals surface area contributed by atoms with E-state index in [1.54, 1.807) is 0 Å². The minimum Gasteiger partial charge on any atom is -0.496 e. The van der Waals surface area contributed by atoms with Crippen molar-refractivity contribution in [1.29, 1.82) is 0 Å². The van der Waals surface area contributed by atoms with Crippen LogP contribution in [-0.4, -0.2) is 12.9 Å². The van der Waals surface area contributed by atoms with Gasteiger partial charge in [-0.15, -0.1) is 0 Å². The summed E-state index contributed by atoms with van der Waals surface area (Å²) in [6, 6.07) is 2.70. The summed E-state index contributed by atoms with van der Waals surface area (Å²) < 4.78 is 18.4. The van der Waals surface area contributed by atoms with E-state index in [0.29, 0.717) is 9.32 Å². The normalized spacial score (nSPS) is 9.85. The standard InChI is InChI=1S/C9H8FIO2/c1-5(12)6-3-7(10)8(11)4-9(6)13-2/h3-4H,1-2H3. The Bertz CT molecular complexity index is 350. The van der Waals surface area contributed by atoms with Gasteiger partial charge in [-0.1, -0.05) is 0 Å². The SMILES string of the molecule is COc1cc(I)c(F)cc1C(C)=O. The molecule has 0 atom stereocenters. The first-order chi connectivity index (χ1) is 6.06. The van der Waals surface area contributed by atoms with Crippen molar-refractivity contribution in [3.63, 3.8) is 0 Å². The Morgan fingerprint density at radius 1 is 1.54 bits per heavy atom. The number of carbonyl (C=O) groups is 1. The van der Waals surface area contributed by atoms with Crippen molar-refractivity contribution in [1.82, 2.24) is 0 Å². The number of methoxy groups -OCH3 is 1. The van der Waals surface area contributed by atoms with Crippen molar-refractivity contribution in [2.75, 3.05) is 7.11 Å². The molecule has 0 unspecified atom stereocenters. The maximum atomic E-state index is 13.0. The minimum absolute atomic E-state index is 0.202. The lowest BCUT2D eigenvalue weighted by Gasteiger charge is -2.06. The molecule has 0 radical (unpaired) electrons. The van der Waals surface area contributed by atoms with E-state index in [0.717, 1.165) is 0 Å². The van der Waals surface area contributed by atoms with Crippen LogP contribution in [0.4, 0.5) is 4.39 Å². The number of Topliss-reactive ketones (excluding diaryl/α,β-unsaturated/α-hetero) is 1. The molecule has 0 aromatic heterocycles. The zero-order chi connectivity index (χ0) is 10.0. The molecule has 70 valence electrons. The highest BCUT2D eigenvalue weighted by Crippen LogP contribution is 2.24. The van der Waals surface area contributed by atoms with Crippen LogP contribution in [0.2, 0.25) is 0 Å². The fourth-order valence-corrected chi connectivity index (χ4v) is 1.41. The predicted molar refractivity (Wildman–Crippen MR) is 55.7 cm³/mol.